The predicted molar refractivity (Wildman–Crippen MR) is 151 cm³/mol. The van der Waals surface area contributed by atoms with Crippen molar-refractivity contribution in [3.8, 4) is 22.3 Å². The van der Waals surface area contributed by atoms with Crippen molar-refractivity contribution in [1.82, 2.24) is 9.78 Å². The number of benzene rings is 3. The van der Waals surface area contributed by atoms with Gasteiger partial charge in [0.1, 0.15) is 11.9 Å². The maximum atomic E-state index is 12.9. The number of nitrogens with one attached hydrogen (secondary N) is 1. The van der Waals surface area contributed by atoms with Gasteiger partial charge < -0.3 is 9.47 Å². The minimum absolute atomic E-state index is 0.0399. The summed E-state index contributed by atoms with van der Waals surface area (Å²) in [5, 5.41) is 7.46. The Hall–Kier alpha value is -4.39. The lowest BCUT2D eigenvalue weighted by atomic mass is 9.93. The Bertz CT molecular complexity index is 1450. The van der Waals surface area contributed by atoms with Crippen LogP contribution in [0.5, 0.6) is 0 Å². The molecule has 0 radical (unpaired) electrons. The van der Waals surface area contributed by atoms with Gasteiger partial charge in [0.2, 0.25) is 0 Å². The molecule has 1 heterocycles. The molecular formula is C32H33N3O4. The van der Waals surface area contributed by atoms with Crippen LogP contribution in [0.3, 0.4) is 0 Å². The second kappa shape index (κ2) is 10.8. The monoisotopic (exact) mass is 523 g/mol. The summed E-state index contributed by atoms with van der Waals surface area (Å²) >= 11 is 0. The van der Waals surface area contributed by atoms with Crippen LogP contribution < -0.4 is 5.32 Å². The smallest absolute Gasteiger partial charge is 0.413 e. The molecule has 7 nitrogen and oxygen atoms in total. The van der Waals surface area contributed by atoms with Gasteiger partial charge in [0.15, 0.2) is 0 Å². The van der Waals surface area contributed by atoms with E-state index < -0.39 is 17.6 Å². The van der Waals surface area contributed by atoms with Gasteiger partial charge >= 0.3 is 12.1 Å². The SMILES string of the molecule is COC(=O)C1(c2ccc(-c3ccc(-c4cnn(C(C)C)c4NC(=O)O[C@H](C)c4ccccc4)cc3)cc2)CC1. The number of hydrogen-bond acceptors (Lipinski definition) is 5. The molecule has 0 unspecified atom stereocenters. The zero-order valence-electron chi connectivity index (χ0n) is 22.7. The first kappa shape index (κ1) is 26.2. The molecule has 1 fully saturated rings. The highest BCUT2D eigenvalue weighted by atomic mass is 16.6. The lowest BCUT2D eigenvalue weighted by Gasteiger charge is -2.17. The zero-order valence-corrected chi connectivity index (χ0v) is 22.7. The number of rotatable bonds is 8. The second-order valence-corrected chi connectivity index (χ2v) is 10.3. The van der Waals surface area contributed by atoms with Crippen molar-refractivity contribution < 1.29 is 19.1 Å². The van der Waals surface area contributed by atoms with Crippen molar-refractivity contribution in [2.75, 3.05) is 12.4 Å². The molecule has 0 saturated heterocycles. The summed E-state index contributed by atoms with van der Waals surface area (Å²) in [4.78, 5) is 25.1. The van der Waals surface area contributed by atoms with E-state index in [-0.39, 0.29) is 12.0 Å². The fourth-order valence-electron chi connectivity index (χ4n) is 4.92. The van der Waals surface area contributed by atoms with Crippen molar-refractivity contribution >= 4 is 17.9 Å². The molecular weight excluding hydrogens is 490 g/mol. The van der Waals surface area contributed by atoms with Crippen molar-refractivity contribution in [2.24, 2.45) is 0 Å². The van der Waals surface area contributed by atoms with Gasteiger partial charge in [-0.1, -0.05) is 78.9 Å². The summed E-state index contributed by atoms with van der Waals surface area (Å²) in [7, 11) is 1.44. The summed E-state index contributed by atoms with van der Waals surface area (Å²) < 4.78 is 12.4. The van der Waals surface area contributed by atoms with E-state index in [2.05, 4.69) is 10.4 Å². The lowest BCUT2D eigenvalue weighted by molar-refractivity contribution is -0.143. The molecule has 200 valence electrons. The highest BCUT2D eigenvalue weighted by Gasteiger charge is 2.52. The molecule has 1 atom stereocenters. The van der Waals surface area contributed by atoms with Gasteiger partial charge in [0.05, 0.1) is 18.7 Å². The number of methoxy groups -OCH3 is 1. The van der Waals surface area contributed by atoms with E-state index in [1.54, 1.807) is 10.9 Å². The second-order valence-electron chi connectivity index (χ2n) is 10.3. The van der Waals surface area contributed by atoms with E-state index in [9.17, 15) is 9.59 Å². The fourth-order valence-corrected chi connectivity index (χ4v) is 4.92. The van der Waals surface area contributed by atoms with Gasteiger partial charge in [0, 0.05) is 11.6 Å². The van der Waals surface area contributed by atoms with Crippen LogP contribution >= 0.6 is 0 Å². The molecule has 1 N–H and O–H groups in total. The van der Waals surface area contributed by atoms with Gasteiger partial charge in [-0.2, -0.15) is 5.10 Å². The maximum absolute atomic E-state index is 12.9. The Morgan fingerprint density at radius 2 is 1.46 bits per heavy atom. The van der Waals surface area contributed by atoms with Crippen LogP contribution in [-0.2, 0) is 19.7 Å². The highest BCUT2D eigenvalue weighted by Crippen LogP contribution is 2.49. The lowest BCUT2D eigenvalue weighted by Crippen LogP contribution is -2.21. The molecule has 1 saturated carbocycles. The third kappa shape index (κ3) is 5.30. The summed E-state index contributed by atoms with van der Waals surface area (Å²) in [5.41, 5.74) is 5.29. The number of carbonyl (C=O) groups excluding carboxylic acids is 2. The molecule has 39 heavy (non-hydrogen) atoms. The Kier molecular flexibility index (Phi) is 7.24. The normalized spacial score (nSPS) is 14.5. The third-order valence-electron chi connectivity index (χ3n) is 7.35. The summed E-state index contributed by atoms with van der Waals surface area (Å²) in [6.07, 6.45) is 2.49. The van der Waals surface area contributed by atoms with Crippen molar-refractivity contribution in [3.05, 3.63) is 96.2 Å². The molecule has 1 aliphatic rings. The number of amides is 1. The molecule has 1 amide bonds. The van der Waals surface area contributed by atoms with E-state index in [0.717, 1.165) is 46.2 Å². The third-order valence-corrected chi connectivity index (χ3v) is 7.35. The van der Waals surface area contributed by atoms with Crippen LogP contribution in [0.25, 0.3) is 22.3 Å². The standard InChI is InChI=1S/C32H33N3O4/c1-21(2)35-29(34-31(37)39-22(3)23-8-6-5-7-9-23)28(20-33-35)26-12-10-24(11-13-26)25-14-16-27(17-15-25)32(18-19-32)30(36)38-4/h5-17,20-22H,18-19H2,1-4H3,(H,34,37)/t22-/m1/s1. The number of hydrogen-bond donors (Lipinski definition) is 1. The van der Waals surface area contributed by atoms with E-state index >= 15 is 0 Å². The minimum atomic E-state index is -0.535. The number of carbonyl (C=O) groups is 2. The molecule has 1 aliphatic carbocycles. The Morgan fingerprint density at radius 3 is 2.03 bits per heavy atom. The van der Waals surface area contributed by atoms with Crippen molar-refractivity contribution in [2.45, 2.75) is 51.2 Å². The average Bonchev–Trinajstić information content (AvgIpc) is 3.67. The first-order valence-corrected chi connectivity index (χ1v) is 13.2. The summed E-state index contributed by atoms with van der Waals surface area (Å²) in [6, 6.07) is 25.9. The molecule has 0 bridgehead atoms. The Labute approximate surface area is 228 Å². The van der Waals surface area contributed by atoms with Gasteiger partial charge in [-0.3, -0.25) is 10.1 Å². The average molecular weight is 524 g/mol. The molecule has 7 heteroatoms. The van der Waals surface area contributed by atoms with Gasteiger partial charge in [-0.25, -0.2) is 9.48 Å². The quantitative estimate of drug-likeness (QED) is 0.245. The minimum Gasteiger partial charge on any atom is -0.468 e. The van der Waals surface area contributed by atoms with Gasteiger partial charge in [-0.15, -0.1) is 0 Å². The highest BCUT2D eigenvalue weighted by molar-refractivity contribution is 5.90. The van der Waals surface area contributed by atoms with Crippen molar-refractivity contribution in [1.29, 1.82) is 0 Å². The number of esters is 1. The Balaban J connectivity index is 1.34. The van der Waals surface area contributed by atoms with Crippen LogP contribution in [0.4, 0.5) is 10.6 Å². The topological polar surface area (TPSA) is 82.5 Å². The predicted octanol–water partition coefficient (Wildman–Crippen LogP) is 7.31. The van der Waals surface area contributed by atoms with Crippen LogP contribution in [0.1, 0.15) is 56.9 Å². The summed E-state index contributed by atoms with van der Waals surface area (Å²) in [6.45, 7) is 5.87. The number of nitrogens with zero attached hydrogens (tertiary/aromatic N) is 2. The summed E-state index contributed by atoms with van der Waals surface area (Å²) in [5.74, 6) is 0.425. The first-order chi connectivity index (χ1) is 18.8. The molecule has 4 aromatic rings. The number of aromatic nitrogens is 2. The van der Waals surface area contributed by atoms with E-state index in [1.807, 2.05) is 99.6 Å². The Morgan fingerprint density at radius 1 is 0.872 bits per heavy atom. The van der Waals surface area contributed by atoms with Crippen molar-refractivity contribution in [3.63, 3.8) is 0 Å². The molecule has 0 aliphatic heterocycles. The van der Waals surface area contributed by atoms with E-state index in [1.165, 1.54) is 7.11 Å². The molecule has 0 spiro atoms. The van der Waals surface area contributed by atoms with Crippen LogP contribution in [0.2, 0.25) is 0 Å². The first-order valence-electron chi connectivity index (χ1n) is 13.2. The zero-order chi connectivity index (χ0) is 27.6. The maximum Gasteiger partial charge on any atom is 0.413 e. The number of ether oxygens (including phenoxy) is 2. The van der Waals surface area contributed by atoms with E-state index in [0.29, 0.717) is 5.82 Å². The van der Waals surface area contributed by atoms with Gasteiger partial charge in [0.25, 0.3) is 0 Å². The largest absolute Gasteiger partial charge is 0.468 e. The fraction of sp³-hybridized carbons (Fsp3) is 0.281. The van der Waals surface area contributed by atoms with Gasteiger partial charge in [-0.05, 0) is 61.4 Å². The molecule has 3 aromatic carbocycles. The number of anilines is 1. The van der Waals surface area contributed by atoms with E-state index in [4.69, 9.17) is 9.47 Å². The van der Waals surface area contributed by atoms with Crippen LogP contribution in [-0.4, -0.2) is 29.0 Å². The van der Waals surface area contributed by atoms with Crippen LogP contribution in [0, 0.1) is 0 Å². The van der Waals surface area contributed by atoms with Crippen LogP contribution in [0.15, 0.2) is 85.1 Å². The molecule has 1 aromatic heterocycles. The molecule has 5 rings (SSSR count).